The molecule has 2 aromatic rings. The van der Waals surface area contributed by atoms with Crippen molar-refractivity contribution in [3.63, 3.8) is 0 Å². The van der Waals surface area contributed by atoms with Crippen molar-refractivity contribution in [2.45, 2.75) is 45.1 Å². The zero-order valence-electron chi connectivity index (χ0n) is 17.2. The lowest BCUT2D eigenvalue weighted by Crippen LogP contribution is -2.38. The highest BCUT2D eigenvalue weighted by Gasteiger charge is 2.43. The van der Waals surface area contributed by atoms with Gasteiger partial charge in [-0.15, -0.1) is 0 Å². The van der Waals surface area contributed by atoms with E-state index in [0.717, 1.165) is 12.1 Å². The molecule has 28 heavy (non-hydrogen) atoms. The second-order valence-corrected chi connectivity index (χ2v) is 8.26. The van der Waals surface area contributed by atoms with Crippen LogP contribution in [0.1, 0.15) is 53.0 Å². The van der Waals surface area contributed by atoms with Crippen molar-refractivity contribution < 1.29 is 9.84 Å². The van der Waals surface area contributed by atoms with Crippen LogP contribution < -0.4 is 5.32 Å². The molecule has 4 rings (SSSR count). The number of benzene rings is 2. The molecule has 0 amide bonds. The molecule has 2 N–H and O–H groups in total. The van der Waals surface area contributed by atoms with Gasteiger partial charge in [-0.1, -0.05) is 55.0 Å². The maximum absolute atomic E-state index is 9.52. The summed E-state index contributed by atoms with van der Waals surface area (Å²) in [5.41, 5.74) is 6.92. The molecule has 4 atom stereocenters. The molecule has 2 aromatic carbocycles. The number of aliphatic hydroxyl groups excluding tert-OH is 1. The summed E-state index contributed by atoms with van der Waals surface area (Å²) in [5, 5.41) is 12.2. The third-order valence-corrected chi connectivity index (χ3v) is 6.60. The minimum atomic E-state index is -0.922. The highest BCUT2D eigenvalue weighted by Crippen LogP contribution is 2.53. The van der Waals surface area contributed by atoms with Crippen molar-refractivity contribution in [1.29, 1.82) is 0 Å². The summed E-state index contributed by atoms with van der Waals surface area (Å²) in [7, 11) is 1.67. The first-order valence-corrected chi connectivity index (χ1v) is 10.5. The molecule has 4 nitrogen and oxygen atoms in total. The van der Waals surface area contributed by atoms with Gasteiger partial charge in [0.15, 0.2) is 0 Å². The van der Waals surface area contributed by atoms with Gasteiger partial charge < -0.3 is 14.7 Å². The van der Waals surface area contributed by atoms with Crippen molar-refractivity contribution in [2.75, 3.05) is 26.7 Å². The van der Waals surface area contributed by atoms with Gasteiger partial charge in [-0.05, 0) is 61.7 Å². The number of piperidine rings is 1. The molecule has 0 spiro atoms. The van der Waals surface area contributed by atoms with E-state index in [0.29, 0.717) is 24.4 Å². The fourth-order valence-electron chi connectivity index (χ4n) is 5.09. The van der Waals surface area contributed by atoms with Crippen molar-refractivity contribution >= 4 is 0 Å². The van der Waals surface area contributed by atoms with Crippen molar-refractivity contribution in [3.05, 3.63) is 70.3 Å². The third-order valence-electron chi connectivity index (χ3n) is 6.60. The molecule has 0 saturated carbocycles. The summed E-state index contributed by atoms with van der Waals surface area (Å²) in [6, 6.07) is 15.9. The van der Waals surface area contributed by atoms with Gasteiger partial charge in [0.05, 0.1) is 6.61 Å². The fourth-order valence-corrected chi connectivity index (χ4v) is 5.09. The summed E-state index contributed by atoms with van der Waals surface area (Å²) in [6.07, 6.45) is 0.338. The zero-order valence-corrected chi connectivity index (χ0v) is 17.2. The minimum absolute atomic E-state index is 0.403. The number of aryl methyl sites for hydroxylation is 1. The lowest BCUT2D eigenvalue weighted by Gasteiger charge is -2.37. The molecule has 1 heterocycles. The number of likely N-dealkylation sites (N-methyl/N-ethyl adjacent to an activating group) is 1. The Labute approximate surface area is 168 Å². The first-order chi connectivity index (χ1) is 13.6. The van der Waals surface area contributed by atoms with Crippen LogP contribution in [0.4, 0.5) is 0 Å². The number of likely N-dealkylation sites (tertiary alicyclic amines) is 1. The Morgan fingerprint density at radius 2 is 1.96 bits per heavy atom. The van der Waals surface area contributed by atoms with Crippen molar-refractivity contribution in [1.82, 2.24) is 10.2 Å². The van der Waals surface area contributed by atoms with Crippen LogP contribution in [-0.2, 0) is 11.3 Å². The van der Waals surface area contributed by atoms with E-state index in [1.54, 1.807) is 12.6 Å². The van der Waals surface area contributed by atoms with Crippen LogP contribution in [0.2, 0.25) is 0 Å². The number of hydrogen-bond acceptors (Lipinski definition) is 4. The number of hydrogen-bond donors (Lipinski definition) is 2. The molecular formula is C24H32N2O2. The number of fused-ring (bicyclic) bond motifs is 3. The molecular weight excluding hydrogens is 348 g/mol. The number of nitrogens with zero attached hydrogens (tertiary/aromatic N) is 1. The Balaban J connectivity index is 1.61. The largest absolute Gasteiger partial charge is 0.356 e. The fraction of sp³-hybridized carbons (Fsp3) is 0.500. The minimum Gasteiger partial charge on any atom is -0.356 e. The molecule has 150 valence electrons. The molecule has 0 aromatic heterocycles. The number of rotatable bonds is 6. The van der Waals surface area contributed by atoms with Crippen molar-refractivity contribution in [3.8, 4) is 0 Å². The van der Waals surface area contributed by atoms with Gasteiger partial charge in [0.2, 0.25) is 6.41 Å². The maximum Gasteiger partial charge on any atom is 0.213 e. The quantitative estimate of drug-likeness (QED) is 0.752. The summed E-state index contributed by atoms with van der Waals surface area (Å²) in [6.45, 7) is 8.40. The molecule has 1 fully saturated rings. The molecule has 1 unspecified atom stereocenters. The molecule has 2 aliphatic rings. The maximum atomic E-state index is 9.52. The monoisotopic (exact) mass is 380 g/mol. The van der Waals surface area contributed by atoms with Gasteiger partial charge >= 0.3 is 0 Å². The first kappa shape index (κ1) is 19.6. The molecule has 1 aliphatic carbocycles. The first-order valence-electron chi connectivity index (χ1n) is 10.5. The molecule has 1 saturated heterocycles. The van der Waals surface area contributed by atoms with Crippen LogP contribution in [0.15, 0.2) is 42.5 Å². The van der Waals surface area contributed by atoms with Gasteiger partial charge in [0, 0.05) is 18.4 Å². The normalized spacial score (nSPS) is 25.4. The average Bonchev–Trinajstić information content (AvgIpc) is 3.04. The van der Waals surface area contributed by atoms with Crippen molar-refractivity contribution in [2.24, 2.45) is 5.92 Å². The summed E-state index contributed by atoms with van der Waals surface area (Å²) in [4.78, 5) is 2.60. The van der Waals surface area contributed by atoms with Gasteiger partial charge in [-0.25, -0.2) is 0 Å². The molecule has 4 heteroatoms. The van der Waals surface area contributed by atoms with Crippen LogP contribution in [0.3, 0.4) is 0 Å². The molecule has 0 radical (unpaired) electrons. The summed E-state index contributed by atoms with van der Waals surface area (Å²) >= 11 is 0. The van der Waals surface area contributed by atoms with Crippen LogP contribution in [0.5, 0.6) is 0 Å². The lowest BCUT2D eigenvalue weighted by molar-refractivity contribution is -0.124. The standard InChI is InChI=1S/C24H32N2O2/c1-4-26-12-11-20-22(14-26)19-10-5-16(2)13-21(19)23(20)18-8-6-17(7-9-18)15-28-24(27)25-3/h5-10,13,20,22-25,27H,4,11-12,14-15H2,1-3H3/t20-,22-,23+,24?/m1/s1. The van der Waals surface area contributed by atoms with Crippen LogP contribution in [-0.4, -0.2) is 43.1 Å². The van der Waals surface area contributed by atoms with E-state index in [9.17, 15) is 5.11 Å². The number of ether oxygens (including phenoxy) is 1. The second kappa shape index (κ2) is 8.34. The van der Waals surface area contributed by atoms with Gasteiger partial charge in [0.25, 0.3) is 0 Å². The number of aliphatic hydroxyl groups is 1. The predicted octanol–water partition coefficient (Wildman–Crippen LogP) is 3.58. The smallest absolute Gasteiger partial charge is 0.213 e. The Bertz CT molecular complexity index is 805. The Hall–Kier alpha value is -1.72. The Morgan fingerprint density at radius 3 is 2.68 bits per heavy atom. The highest BCUT2D eigenvalue weighted by atomic mass is 16.6. The predicted molar refractivity (Wildman–Crippen MR) is 112 cm³/mol. The topological polar surface area (TPSA) is 44.7 Å². The zero-order chi connectivity index (χ0) is 19.7. The summed E-state index contributed by atoms with van der Waals surface area (Å²) < 4.78 is 5.36. The lowest BCUT2D eigenvalue weighted by atomic mass is 9.78. The molecule has 0 bridgehead atoms. The Kier molecular flexibility index (Phi) is 5.83. The van der Waals surface area contributed by atoms with E-state index < -0.39 is 6.41 Å². The van der Waals surface area contributed by atoms with E-state index in [-0.39, 0.29) is 0 Å². The van der Waals surface area contributed by atoms with Crippen LogP contribution >= 0.6 is 0 Å². The molecule has 1 aliphatic heterocycles. The van der Waals surface area contributed by atoms with E-state index in [4.69, 9.17) is 4.74 Å². The third kappa shape index (κ3) is 3.74. The Morgan fingerprint density at radius 1 is 1.18 bits per heavy atom. The van der Waals surface area contributed by atoms with E-state index in [1.807, 2.05) is 0 Å². The second-order valence-electron chi connectivity index (χ2n) is 8.26. The highest BCUT2D eigenvalue weighted by molar-refractivity contribution is 5.48. The van der Waals surface area contributed by atoms with Gasteiger partial charge in [-0.2, -0.15) is 0 Å². The van der Waals surface area contributed by atoms with E-state index in [1.165, 1.54) is 36.2 Å². The summed E-state index contributed by atoms with van der Waals surface area (Å²) in [5.74, 6) is 1.81. The van der Waals surface area contributed by atoms with E-state index >= 15 is 0 Å². The van der Waals surface area contributed by atoms with E-state index in [2.05, 4.69) is 66.5 Å². The van der Waals surface area contributed by atoms with Gasteiger partial charge in [-0.3, -0.25) is 5.32 Å². The number of nitrogens with one attached hydrogen (secondary N) is 1. The average molecular weight is 381 g/mol. The van der Waals surface area contributed by atoms with Crippen LogP contribution in [0, 0.1) is 12.8 Å². The van der Waals surface area contributed by atoms with Crippen LogP contribution in [0.25, 0.3) is 0 Å². The van der Waals surface area contributed by atoms with Gasteiger partial charge in [0.1, 0.15) is 0 Å². The SMILES string of the molecule is CCN1CC[C@H]2[C@H](c3ccc(COC(O)NC)cc3)c3cc(C)ccc3[C@H]2C1.